The summed E-state index contributed by atoms with van der Waals surface area (Å²) in [5.41, 5.74) is 6.00. The van der Waals surface area contributed by atoms with Crippen molar-refractivity contribution in [1.29, 1.82) is 0 Å². The number of rotatable bonds is 4. The van der Waals surface area contributed by atoms with Gasteiger partial charge in [-0.05, 0) is 30.4 Å². The second-order valence-electron chi connectivity index (χ2n) is 6.67. The number of fused-ring (bicyclic) bond motifs is 2. The van der Waals surface area contributed by atoms with Gasteiger partial charge in [-0.3, -0.25) is 0 Å². The summed E-state index contributed by atoms with van der Waals surface area (Å²) in [4.78, 5) is 0. The summed E-state index contributed by atoms with van der Waals surface area (Å²) in [6.07, 6.45) is 8.49. The molecule has 0 amide bonds. The van der Waals surface area contributed by atoms with Gasteiger partial charge in [0.05, 0.1) is 0 Å². The number of hydrogen-bond acceptors (Lipinski definition) is 0. The Morgan fingerprint density at radius 3 is 2.32 bits per heavy atom. The summed E-state index contributed by atoms with van der Waals surface area (Å²) >= 11 is 0. The van der Waals surface area contributed by atoms with Gasteiger partial charge in [-0.15, -0.1) is 40.6 Å². The van der Waals surface area contributed by atoms with Crippen LogP contribution in [0, 0.1) is 0 Å². The van der Waals surface area contributed by atoms with Crippen molar-refractivity contribution in [1.82, 2.24) is 0 Å². The van der Waals surface area contributed by atoms with E-state index >= 15 is 0 Å². The van der Waals surface area contributed by atoms with Crippen molar-refractivity contribution in [3.63, 3.8) is 0 Å². The first kappa shape index (κ1) is 19.7. The molecule has 0 nitrogen and oxygen atoms in total. The fourth-order valence-electron chi connectivity index (χ4n) is 3.48. The third-order valence-corrected chi connectivity index (χ3v) is 4.62. The van der Waals surface area contributed by atoms with Crippen LogP contribution in [0.2, 0.25) is 0 Å². The topological polar surface area (TPSA) is 0 Å². The zero-order valence-electron chi connectivity index (χ0n) is 15.9. The molecule has 3 aromatic carbocycles. The largest absolute Gasteiger partial charge is 1.00 e. The Bertz CT molecular complexity index is 790. The molecule has 0 heterocycles. The fourth-order valence-corrected chi connectivity index (χ4v) is 3.48. The molecule has 4 rings (SSSR count). The zero-order valence-corrected chi connectivity index (χ0v) is 15.9. The summed E-state index contributed by atoms with van der Waals surface area (Å²) in [7, 11) is 0. The van der Waals surface area contributed by atoms with Crippen LogP contribution in [-0.4, -0.2) is 0 Å². The molecule has 3 aromatic rings. The van der Waals surface area contributed by atoms with Crippen molar-refractivity contribution in [2.75, 3.05) is 0 Å². The number of benzene rings is 2. The molecule has 0 unspecified atom stereocenters. The third-order valence-electron chi connectivity index (χ3n) is 4.62. The van der Waals surface area contributed by atoms with Crippen molar-refractivity contribution in [3.05, 3.63) is 82.9 Å². The smallest absolute Gasteiger partial charge is 0.165 e. The molecule has 0 aliphatic heterocycles. The van der Waals surface area contributed by atoms with Crippen LogP contribution in [0.5, 0.6) is 0 Å². The molecular formula is C24H27Li. The molecular weight excluding hydrogens is 295 g/mol. The molecule has 1 aliphatic carbocycles. The zero-order chi connectivity index (χ0) is 16.8. The third kappa shape index (κ3) is 5.18. The molecule has 0 aromatic heterocycles. The predicted molar refractivity (Wildman–Crippen MR) is 107 cm³/mol. The Labute approximate surface area is 164 Å². The van der Waals surface area contributed by atoms with Crippen molar-refractivity contribution < 1.29 is 18.9 Å². The molecule has 124 valence electrons. The SMILES string of the molecule is CCCC1=Cc2ccccc2C1.CCCc1cc2ccccc2[cH-]1.[Li+]. The Hall–Kier alpha value is -1.61. The molecule has 0 radical (unpaired) electrons. The van der Waals surface area contributed by atoms with E-state index in [4.69, 9.17) is 0 Å². The van der Waals surface area contributed by atoms with Crippen molar-refractivity contribution >= 4 is 16.8 Å². The minimum Gasteiger partial charge on any atom is -0.165 e. The maximum Gasteiger partial charge on any atom is 1.00 e. The minimum absolute atomic E-state index is 0. The van der Waals surface area contributed by atoms with Crippen LogP contribution in [0.1, 0.15) is 49.8 Å². The second kappa shape index (κ2) is 9.76. The van der Waals surface area contributed by atoms with E-state index in [1.807, 2.05) is 0 Å². The molecule has 0 bridgehead atoms. The standard InChI is InChI=1S/C12H14.C12H13.Li/c2*1-2-5-10-8-11-6-3-4-7-12(11)9-10;/h3-4,6-8H,2,5,9H2,1H3;3-4,6-9H,2,5H2,1H3;/q;-1;+1. The average Bonchev–Trinajstić information content (AvgIpc) is 3.18. The molecule has 25 heavy (non-hydrogen) atoms. The Morgan fingerprint density at radius 2 is 1.60 bits per heavy atom. The van der Waals surface area contributed by atoms with E-state index in [9.17, 15) is 0 Å². The molecule has 0 saturated carbocycles. The Kier molecular flexibility index (Phi) is 7.70. The monoisotopic (exact) mass is 322 g/mol. The van der Waals surface area contributed by atoms with Crippen LogP contribution in [0.25, 0.3) is 16.8 Å². The van der Waals surface area contributed by atoms with Gasteiger partial charge in [0.1, 0.15) is 0 Å². The van der Waals surface area contributed by atoms with Crippen LogP contribution in [-0.2, 0) is 12.8 Å². The maximum absolute atomic E-state index is 2.35. The van der Waals surface area contributed by atoms with E-state index in [0.29, 0.717) is 0 Å². The van der Waals surface area contributed by atoms with Crippen molar-refractivity contribution in [2.45, 2.75) is 46.0 Å². The first-order chi connectivity index (χ1) is 11.8. The Morgan fingerprint density at radius 1 is 0.880 bits per heavy atom. The van der Waals surface area contributed by atoms with Gasteiger partial charge in [-0.25, -0.2) is 0 Å². The summed E-state index contributed by atoms with van der Waals surface area (Å²) in [6, 6.07) is 21.8. The van der Waals surface area contributed by atoms with E-state index in [2.05, 4.69) is 80.6 Å². The van der Waals surface area contributed by atoms with Gasteiger partial charge >= 0.3 is 18.9 Å². The quantitative estimate of drug-likeness (QED) is 0.504. The summed E-state index contributed by atoms with van der Waals surface area (Å²) in [5.74, 6) is 0. The molecule has 0 fully saturated rings. The number of aryl methyl sites for hydroxylation is 1. The van der Waals surface area contributed by atoms with Gasteiger partial charge < -0.3 is 0 Å². The summed E-state index contributed by atoms with van der Waals surface area (Å²) in [6.45, 7) is 4.46. The van der Waals surface area contributed by atoms with E-state index in [1.165, 1.54) is 59.6 Å². The van der Waals surface area contributed by atoms with Crippen molar-refractivity contribution in [3.8, 4) is 0 Å². The minimum atomic E-state index is 0. The molecule has 0 N–H and O–H groups in total. The summed E-state index contributed by atoms with van der Waals surface area (Å²) in [5, 5.41) is 2.75. The second-order valence-corrected chi connectivity index (χ2v) is 6.67. The van der Waals surface area contributed by atoms with Gasteiger partial charge in [0.25, 0.3) is 0 Å². The van der Waals surface area contributed by atoms with Crippen LogP contribution in [0.15, 0.2) is 66.2 Å². The van der Waals surface area contributed by atoms with E-state index in [1.54, 1.807) is 5.57 Å². The van der Waals surface area contributed by atoms with Crippen LogP contribution >= 0.6 is 0 Å². The fraction of sp³-hybridized carbons (Fsp3) is 0.292. The Balaban J connectivity index is 0.000000173. The van der Waals surface area contributed by atoms with Gasteiger partial charge in [0, 0.05) is 0 Å². The van der Waals surface area contributed by atoms with Gasteiger partial charge in [-0.1, -0.05) is 68.7 Å². The predicted octanol–water partition coefficient (Wildman–Crippen LogP) is 3.94. The van der Waals surface area contributed by atoms with Crippen LogP contribution in [0.3, 0.4) is 0 Å². The maximum atomic E-state index is 2.35. The number of hydrogen-bond donors (Lipinski definition) is 0. The van der Waals surface area contributed by atoms with Crippen molar-refractivity contribution in [2.24, 2.45) is 0 Å². The van der Waals surface area contributed by atoms with E-state index < -0.39 is 0 Å². The normalized spacial score (nSPS) is 12.0. The molecule has 0 spiro atoms. The first-order valence-corrected chi connectivity index (χ1v) is 9.22. The van der Waals surface area contributed by atoms with E-state index in [0.717, 1.165) is 0 Å². The molecule has 1 heteroatoms. The molecule has 0 saturated heterocycles. The number of allylic oxidation sites excluding steroid dienone is 1. The molecule has 1 aliphatic rings. The summed E-state index contributed by atoms with van der Waals surface area (Å²) < 4.78 is 0. The van der Waals surface area contributed by atoms with Gasteiger partial charge in [-0.2, -0.15) is 6.07 Å². The van der Waals surface area contributed by atoms with E-state index in [-0.39, 0.29) is 18.9 Å². The van der Waals surface area contributed by atoms with Gasteiger partial charge in [0.15, 0.2) is 0 Å². The first-order valence-electron chi connectivity index (χ1n) is 9.22. The van der Waals surface area contributed by atoms with Gasteiger partial charge in [0.2, 0.25) is 0 Å². The van der Waals surface area contributed by atoms with Crippen LogP contribution in [0.4, 0.5) is 0 Å². The molecule has 0 atom stereocenters. The van der Waals surface area contributed by atoms with Crippen LogP contribution < -0.4 is 18.9 Å². The average molecular weight is 322 g/mol.